The third-order valence-corrected chi connectivity index (χ3v) is 3.29. The van der Waals surface area contributed by atoms with Gasteiger partial charge in [-0.05, 0) is 53.9 Å². The zero-order valence-corrected chi connectivity index (χ0v) is 13.0. The molecule has 0 aliphatic heterocycles. The second-order valence-electron chi connectivity index (χ2n) is 4.64. The van der Waals surface area contributed by atoms with E-state index in [4.69, 9.17) is 4.74 Å². The van der Waals surface area contributed by atoms with Gasteiger partial charge in [0.05, 0.1) is 0 Å². The van der Waals surface area contributed by atoms with Crippen molar-refractivity contribution in [2.24, 2.45) is 0 Å². The van der Waals surface area contributed by atoms with Crippen molar-refractivity contribution in [2.75, 3.05) is 0 Å². The minimum absolute atomic E-state index is 0.0266. The van der Waals surface area contributed by atoms with Crippen LogP contribution in [-0.2, 0) is 0 Å². The van der Waals surface area contributed by atoms with Gasteiger partial charge in [-0.2, -0.15) is 0 Å². The molecule has 1 heterocycles. The van der Waals surface area contributed by atoms with E-state index in [2.05, 4.69) is 20.9 Å². The molecule has 0 saturated heterocycles. The predicted molar refractivity (Wildman–Crippen MR) is 79.6 cm³/mol. The van der Waals surface area contributed by atoms with E-state index < -0.39 is 5.97 Å². The Labute approximate surface area is 125 Å². The summed E-state index contributed by atoms with van der Waals surface area (Å²) in [6, 6.07) is 5.45. The summed E-state index contributed by atoms with van der Waals surface area (Å²) in [6.45, 7) is 5.85. The van der Waals surface area contributed by atoms with Gasteiger partial charge in [0.2, 0.25) is 5.88 Å². The van der Waals surface area contributed by atoms with Gasteiger partial charge in [0, 0.05) is 10.7 Å². The molecule has 20 heavy (non-hydrogen) atoms. The standard InChI is InChI=1S/C15H14BrNO3/c1-8-4-9(2)13(10(3)5-8)20-14-12(15(18)19)6-11(16)7-17-14/h4-7H,1-3H3,(H,18,19). The molecular weight excluding hydrogens is 322 g/mol. The Morgan fingerprint density at radius 1 is 1.20 bits per heavy atom. The lowest BCUT2D eigenvalue weighted by Gasteiger charge is -2.13. The molecule has 4 nitrogen and oxygen atoms in total. The maximum Gasteiger partial charge on any atom is 0.341 e. The number of halogens is 1. The molecule has 0 atom stereocenters. The third kappa shape index (κ3) is 2.99. The highest BCUT2D eigenvalue weighted by Gasteiger charge is 2.16. The summed E-state index contributed by atoms with van der Waals surface area (Å²) in [5.41, 5.74) is 3.06. The average molecular weight is 336 g/mol. The van der Waals surface area contributed by atoms with E-state index in [1.165, 1.54) is 12.3 Å². The molecule has 0 amide bonds. The van der Waals surface area contributed by atoms with Crippen LogP contribution in [-0.4, -0.2) is 16.1 Å². The highest BCUT2D eigenvalue weighted by atomic mass is 79.9. The highest BCUT2D eigenvalue weighted by molar-refractivity contribution is 9.10. The van der Waals surface area contributed by atoms with Crippen LogP contribution >= 0.6 is 15.9 Å². The molecule has 2 rings (SSSR count). The molecule has 0 aliphatic carbocycles. The van der Waals surface area contributed by atoms with Gasteiger partial charge in [-0.15, -0.1) is 0 Å². The molecule has 0 fully saturated rings. The van der Waals surface area contributed by atoms with Crippen LogP contribution in [0.2, 0.25) is 0 Å². The van der Waals surface area contributed by atoms with Gasteiger partial charge in [0.1, 0.15) is 11.3 Å². The topological polar surface area (TPSA) is 59.4 Å². The van der Waals surface area contributed by atoms with E-state index in [1.807, 2.05) is 32.9 Å². The van der Waals surface area contributed by atoms with Crippen LogP contribution in [0.15, 0.2) is 28.9 Å². The molecule has 104 valence electrons. The maximum atomic E-state index is 11.2. The van der Waals surface area contributed by atoms with Gasteiger partial charge in [-0.25, -0.2) is 9.78 Å². The molecular formula is C15H14BrNO3. The first kappa shape index (κ1) is 14.5. The molecule has 5 heteroatoms. The number of carboxylic acid groups (broad SMARTS) is 1. The second-order valence-corrected chi connectivity index (χ2v) is 5.56. The molecule has 1 aromatic heterocycles. The average Bonchev–Trinajstić information content (AvgIpc) is 2.34. The number of carboxylic acids is 1. The molecule has 0 spiro atoms. The number of nitrogens with zero attached hydrogens (tertiary/aromatic N) is 1. The summed E-state index contributed by atoms with van der Waals surface area (Å²) in [5, 5.41) is 9.21. The fraction of sp³-hybridized carbons (Fsp3) is 0.200. The van der Waals surface area contributed by atoms with Crippen molar-refractivity contribution in [3.63, 3.8) is 0 Å². The van der Waals surface area contributed by atoms with Gasteiger partial charge in [-0.3, -0.25) is 0 Å². The molecule has 1 aromatic carbocycles. The van der Waals surface area contributed by atoms with Crippen molar-refractivity contribution >= 4 is 21.9 Å². The van der Waals surface area contributed by atoms with E-state index in [9.17, 15) is 9.90 Å². The lowest BCUT2D eigenvalue weighted by Crippen LogP contribution is -2.03. The van der Waals surface area contributed by atoms with E-state index in [0.29, 0.717) is 10.2 Å². The SMILES string of the molecule is Cc1cc(C)c(Oc2ncc(Br)cc2C(=O)O)c(C)c1. The van der Waals surface area contributed by atoms with Gasteiger partial charge in [-0.1, -0.05) is 17.7 Å². The van der Waals surface area contributed by atoms with Crippen LogP contribution in [0.1, 0.15) is 27.0 Å². The van der Waals surface area contributed by atoms with Crippen LogP contribution in [0.5, 0.6) is 11.6 Å². The fourth-order valence-electron chi connectivity index (χ4n) is 2.09. The maximum absolute atomic E-state index is 11.2. The van der Waals surface area contributed by atoms with Gasteiger partial charge in [0.15, 0.2) is 0 Å². The minimum atomic E-state index is -1.07. The number of rotatable bonds is 3. The molecule has 0 radical (unpaired) electrons. The number of aryl methyl sites for hydroxylation is 3. The Morgan fingerprint density at radius 2 is 1.80 bits per heavy atom. The lowest BCUT2D eigenvalue weighted by atomic mass is 10.1. The predicted octanol–water partition coefficient (Wildman–Crippen LogP) is 4.26. The highest BCUT2D eigenvalue weighted by Crippen LogP contribution is 2.31. The van der Waals surface area contributed by atoms with Crippen LogP contribution in [0.3, 0.4) is 0 Å². The normalized spacial score (nSPS) is 10.4. The van der Waals surface area contributed by atoms with E-state index in [0.717, 1.165) is 16.7 Å². The quantitative estimate of drug-likeness (QED) is 0.910. The summed E-state index contributed by atoms with van der Waals surface area (Å²) in [6.07, 6.45) is 1.51. The zero-order chi connectivity index (χ0) is 14.9. The fourth-order valence-corrected chi connectivity index (χ4v) is 2.42. The van der Waals surface area contributed by atoms with Crippen molar-refractivity contribution < 1.29 is 14.6 Å². The Balaban J connectivity index is 2.48. The summed E-state index contributed by atoms with van der Waals surface area (Å²) in [5.74, 6) is -0.333. The first-order valence-corrected chi connectivity index (χ1v) is 6.82. The first-order valence-electron chi connectivity index (χ1n) is 6.03. The molecule has 0 unspecified atom stereocenters. The second kappa shape index (κ2) is 5.63. The summed E-state index contributed by atoms with van der Waals surface area (Å²) < 4.78 is 6.33. The van der Waals surface area contributed by atoms with E-state index >= 15 is 0 Å². The summed E-state index contributed by atoms with van der Waals surface area (Å²) in [4.78, 5) is 15.3. The Morgan fingerprint density at radius 3 is 2.35 bits per heavy atom. The number of benzene rings is 1. The minimum Gasteiger partial charge on any atom is -0.477 e. The monoisotopic (exact) mass is 335 g/mol. The van der Waals surface area contributed by atoms with Crippen LogP contribution in [0.25, 0.3) is 0 Å². The van der Waals surface area contributed by atoms with Crippen LogP contribution in [0.4, 0.5) is 0 Å². The summed E-state index contributed by atoms with van der Waals surface area (Å²) in [7, 11) is 0. The van der Waals surface area contributed by atoms with Crippen molar-refractivity contribution in [1.82, 2.24) is 4.98 Å². The van der Waals surface area contributed by atoms with Gasteiger partial charge in [0.25, 0.3) is 0 Å². The Kier molecular flexibility index (Phi) is 4.09. The Bertz CT molecular complexity index is 660. The molecule has 0 aliphatic rings. The van der Waals surface area contributed by atoms with E-state index in [-0.39, 0.29) is 11.4 Å². The number of pyridine rings is 1. The molecule has 1 N–H and O–H groups in total. The lowest BCUT2D eigenvalue weighted by molar-refractivity contribution is 0.0693. The van der Waals surface area contributed by atoms with Crippen molar-refractivity contribution in [2.45, 2.75) is 20.8 Å². The van der Waals surface area contributed by atoms with Crippen molar-refractivity contribution in [3.05, 3.63) is 51.1 Å². The number of carbonyl (C=O) groups is 1. The van der Waals surface area contributed by atoms with Crippen LogP contribution in [0, 0.1) is 20.8 Å². The van der Waals surface area contributed by atoms with Gasteiger partial charge >= 0.3 is 5.97 Å². The van der Waals surface area contributed by atoms with Crippen molar-refractivity contribution in [1.29, 1.82) is 0 Å². The molecule has 0 bridgehead atoms. The zero-order valence-electron chi connectivity index (χ0n) is 11.4. The molecule has 2 aromatic rings. The van der Waals surface area contributed by atoms with Gasteiger partial charge < -0.3 is 9.84 Å². The summed E-state index contributed by atoms with van der Waals surface area (Å²) >= 11 is 3.21. The number of ether oxygens (including phenoxy) is 1. The molecule has 0 saturated carbocycles. The van der Waals surface area contributed by atoms with Crippen LogP contribution < -0.4 is 4.74 Å². The number of hydrogen-bond acceptors (Lipinski definition) is 3. The largest absolute Gasteiger partial charge is 0.477 e. The van der Waals surface area contributed by atoms with Crippen molar-refractivity contribution in [3.8, 4) is 11.6 Å². The Hall–Kier alpha value is -1.88. The smallest absolute Gasteiger partial charge is 0.341 e. The number of aromatic nitrogens is 1. The number of aromatic carboxylic acids is 1. The number of hydrogen-bond donors (Lipinski definition) is 1. The first-order chi connectivity index (χ1) is 9.38. The third-order valence-electron chi connectivity index (χ3n) is 2.85. The van der Waals surface area contributed by atoms with E-state index in [1.54, 1.807) is 0 Å².